The number of anilines is 2. The average molecular weight is 367 g/mol. The van der Waals surface area contributed by atoms with Crippen LogP contribution in [0.25, 0.3) is 0 Å². The largest absolute Gasteiger partial charge is 0.312 e. The van der Waals surface area contributed by atoms with Gasteiger partial charge in [0.15, 0.2) is 0 Å². The van der Waals surface area contributed by atoms with E-state index in [-0.39, 0.29) is 11.8 Å². The lowest BCUT2D eigenvalue weighted by Gasteiger charge is -2.22. The molecule has 1 aliphatic carbocycles. The first-order chi connectivity index (χ1) is 12.6. The van der Waals surface area contributed by atoms with Gasteiger partial charge in [0.1, 0.15) is 0 Å². The van der Waals surface area contributed by atoms with Crippen molar-refractivity contribution in [2.45, 2.75) is 38.6 Å². The van der Waals surface area contributed by atoms with Crippen molar-refractivity contribution < 1.29 is 9.59 Å². The van der Waals surface area contributed by atoms with Gasteiger partial charge in [0.2, 0.25) is 5.91 Å². The predicted molar refractivity (Wildman–Crippen MR) is 104 cm³/mol. The van der Waals surface area contributed by atoms with E-state index in [4.69, 9.17) is 0 Å². The van der Waals surface area contributed by atoms with Crippen LogP contribution in [0.15, 0.2) is 36.4 Å². The van der Waals surface area contributed by atoms with Gasteiger partial charge in [-0.3, -0.25) is 9.59 Å². The van der Waals surface area contributed by atoms with Crippen molar-refractivity contribution in [2.75, 3.05) is 16.3 Å². The van der Waals surface area contributed by atoms with Crippen molar-refractivity contribution in [3.05, 3.63) is 52.5 Å². The predicted octanol–water partition coefficient (Wildman–Crippen LogP) is 3.65. The Hall–Kier alpha value is -2.47. The third-order valence-electron chi connectivity index (χ3n) is 5.03. The minimum Gasteiger partial charge on any atom is -0.312 e. The normalized spacial score (nSPS) is 15.7. The summed E-state index contributed by atoms with van der Waals surface area (Å²) in [4.78, 5) is 33.5. The molecule has 1 saturated carbocycles. The lowest BCUT2D eigenvalue weighted by atomic mass is 10.1. The standard InChI is InChI=1S/C20H21N3O2S/c1-3-19(25)23(11-18-20(14-4-5-14)21-12-26-18)16-6-7-17-15(10-16)8-9-22(17)13(2)24/h3,6-7,10,12,14H,1,4-5,8-9,11H2,2H3. The molecule has 6 heteroatoms. The van der Waals surface area contributed by atoms with E-state index in [1.165, 1.54) is 18.9 Å². The highest BCUT2D eigenvalue weighted by Gasteiger charge is 2.30. The number of amides is 2. The third-order valence-corrected chi connectivity index (χ3v) is 5.86. The molecule has 2 heterocycles. The summed E-state index contributed by atoms with van der Waals surface area (Å²) in [5.41, 5.74) is 5.90. The highest BCUT2D eigenvalue weighted by Crippen LogP contribution is 2.42. The number of aromatic nitrogens is 1. The molecular formula is C20H21N3O2S. The Bertz CT molecular complexity index is 885. The number of hydrogen-bond acceptors (Lipinski definition) is 4. The number of rotatable bonds is 5. The second-order valence-electron chi connectivity index (χ2n) is 6.80. The van der Waals surface area contributed by atoms with Gasteiger partial charge in [-0.2, -0.15) is 0 Å². The van der Waals surface area contributed by atoms with Gasteiger partial charge in [-0.05, 0) is 49.1 Å². The molecule has 0 saturated heterocycles. The molecule has 2 aromatic rings. The van der Waals surface area contributed by atoms with E-state index in [1.807, 2.05) is 23.7 Å². The Balaban J connectivity index is 1.65. The summed E-state index contributed by atoms with van der Waals surface area (Å²) in [6.45, 7) is 6.45. The number of benzene rings is 1. The highest BCUT2D eigenvalue weighted by molar-refractivity contribution is 7.09. The van der Waals surface area contributed by atoms with Gasteiger partial charge in [-0.25, -0.2) is 4.98 Å². The number of thiazole rings is 1. The van der Waals surface area contributed by atoms with E-state index in [1.54, 1.807) is 28.1 Å². The van der Waals surface area contributed by atoms with Crippen LogP contribution in [0.2, 0.25) is 0 Å². The molecule has 1 aromatic heterocycles. The van der Waals surface area contributed by atoms with E-state index in [9.17, 15) is 9.59 Å². The summed E-state index contributed by atoms with van der Waals surface area (Å²) >= 11 is 1.61. The topological polar surface area (TPSA) is 53.5 Å². The van der Waals surface area contributed by atoms with Crippen molar-refractivity contribution in [3.63, 3.8) is 0 Å². The monoisotopic (exact) mass is 367 g/mol. The summed E-state index contributed by atoms with van der Waals surface area (Å²) in [5.74, 6) is 0.483. The van der Waals surface area contributed by atoms with Crippen LogP contribution in [0.1, 0.15) is 41.8 Å². The zero-order valence-corrected chi connectivity index (χ0v) is 15.6. The van der Waals surface area contributed by atoms with Crippen LogP contribution >= 0.6 is 11.3 Å². The Morgan fingerprint density at radius 1 is 1.42 bits per heavy atom. The Morgan fingerprint density at radius 2 is 2.23 bits per heavy atom. The Kier molecular flexibility index (Phi) is 4.36. The smallest absolute Gasteiger partial charge is 0.250 e. The van der Waals surface area contributed by atoms with Crippen LogP contribution in [0.5, 0.6) is 0 Å². The Labute approximate surface area is 157 Å². The van der Waals surface area contributed by atoms with E-state index in [0.29, 0.717) is 19.0 Å². The molecule has 26 heavy (non-hydrogen) atoms. The molecule has 0 bridgehead atoms. The second kappa shape index (κ2) is 6.68. The van der Waals surface area contributed by atoms with Gasteiger partial charge in [-0.1, -0.05) is 6.58 Å². The van der Waals surface area contributed by atoms with Gasteiger partial charge < -0.3 is 9.80 Å². The van der Waals surface area contributed by atoms with Crippen LogP contribution in [0, 0.1) is 0 Å². The maximum Gasteiger partial charge on any atom is 0.250 e. The first-order valence-corrected chi connectivity index (χ1v) is 9.73. The first kappa shape index (κ1) is 17.0. The lowest BCUT2D eigenvalue weighted by molar-refractivity contribution is -0.116. The number of fused-ring (bicyclic) bond motifs is 1. The van der Waals surface area contributed by atoms with Crippen molar-refractivity contribution in [1.29, 1.82) is 0 Å². The molecule has 5 nitrogen and oxygen atoms in total. The fourth-order valence-electron chi connectivity index (χ4n) is 3.52. The molecule has 0 radical (unpaired) electrons. The molecule has 1 fully saturated rings. The molecule has 0 unspecified atom stereocenters. The molecule has 1 aliphatic heterocycles. The van der Waals surface area contributed by atoms with E-state index in [2.05, 4.69) is 11.6 Å². The fraction of sp³-hybridized carbons (Fsp3) is 0.350. The van der Waals surface area contributed by atoms with Crippen molar-refractivity contribution in [2.24, 2.45) is 0 Å². The molecule has 0 atom stereocenters. The van der Waals surface area contributed by atoms with E-state index < -0.39 is 0 Å². The highest BCUT2D eigenvalue weighted by atomic mass is 32.1. The minimum absolute atomic E-state index is 0.0502. The van der Waals surface area contributed by atoms with Gasteiger partial charge >= 0.3 is 0 Å². The molecule has 4 rings (SSSR count). The van der Waals surface area contributed by atoms with Crippen LogP contribution in [0.3, 0.4) is 0 Å². The SMILES string of the molecule is C=CC(=O)N(Cc1scnc1C1CC1)c1ccc2c(c1)CCN2C(C)=O. The minimum atomic E-state index is -0.124. The molecule has 2 amide bonds. The van der Waals surface area contributed by atoms with Crippen LogP contribution in [-0.4, -0.2) is 23.3 Å². The summed E-state index contributed by atoms with van der Waals surface area (Å²) in [6, 6.07) is 5.88. The van der Waals surface area contributed by atoms with Crippen molar-refractivity contribution >= 4 is 34.5 Å². The van der Waals surface area contributed by atoms with E-state index in [0.717, 1.165) is 33.9 Å². The molecule has 0 spiro atoms. The first-order valence-electron chi connectivity index (χ1n) is 8.85. The summed E-state index contributed by atoms with van der Waals surface area (Å²) in [7, 11) is 0. The van der Waals surface area contributed by atoms with Crippen molar-refractivity contribution in [1.82, 2.24) is 4.98 Å². The van der Waals surface area contributed by atoms with Gasteiger partial charge in [0.25, 0.3) is 5.91 Å². The van der Waals surface area contributed by atoms with Crippen LogP contribution < -0.4 is 9.80 Å². The number of carbonyl (C=O) groups excluding carboxylic acids is 2. The lowest BCUT2D eigenvalue weighted by Crippen LogP contribution is -2.29. The second-order valence-corrected chi connectivity index (χ2v) is 7.74. The van der Waals surface area contributed by atoms with Gasteiger partial charge in [0, 0.05) is 35.6 Å². The maximum absolute atomic E-state index is 12.5. The molecule has 1 aromatic carbocycles. The molecular weight excluding hydrogens is 346 g/mol. The summed E-state index contributed by atoms with van der Waals surface area (Å²) in [5, 5.41) is 0. The Morgan fingerprint density at radius 3 is 2.92 bits per heavy atom. The quantitative estimate of drug-likeness (QED) is 0.758. The molecule has 134 valence electrons. The average Bonchev–Trinajstić information content (AvgIpc) is 3.22. The summed E-state index contributed by atoms with van der Waals surface area (Å²) in [6.07, 6.45) is 4.54. The molecule has 2 aliphatic rings. The summed E-state index contributed by atoms with van der Waals surface area (Å²) < 4.78 is 0. The van der Waals surface area contributed by atoms with Crippen LogP contribution in [-0.2, 0) is 22.6 Å². The van der Waals surface area contributed by atoms with Gasteiger partial charge in [-0.15, -0.1) is 11.3 Å². The third kappa shape index (κ3) is 3.05. The zero-order chi connectivity index (χ0) is 18.3. The zero-order valence-electron chi connectivity index (χ0n) is 14.8. The number of hydrogen-bond donors (Lipinski definition) is 0. The van der Waals surface area contributed by atoms with Crippen LogP contribution in [0.4, 0.5) is 11.4 Å². The number of carbonyl (C=O) groups is 2. The van der Waals surface area contributed by atoms with Gasteiger partial charge in [0.05, 0.1) is 17.7 Å². The fourth-order valence-corrected chi connectivity index (χ4v) is 4.36. The number of nitrogens with zero attached hydrogens (tertiary/aromatic N) is 3. The van der Waals surface area contributed by atoms with Crippen molar-refractivity contribution in [3.8, 4) is 0 Å². The van der Waals surface area contributed by atoms with E-state index >= 15 is 0 Å². The molecule has 0 N–H and O–H groups in total. The maximum atomic E-state index is 12.5.